The number of nitrogens with zero attached hydrogens (tertiary/aromatic N) is 3. The number of hydrogen-bond acceptors (Lipinski definition) is 2. The molecule has 0 bridgehead atoms. The molecular weight excluding hydrogens is 263 g/mol. The first kappa shape index (κ1) is 14.4. The van der Waals surface area contributed by atoms with Crippen molar-refractivity contribution in [1.29, 1.82) is 5.39 Å². The van der Waals surface area contributed by atoms with Crippen LogP contribution in [0.25, 0.3) is 4.98 Å². The summed E-state index contributed by atoms with van der Waals surface area (Å²) in [7, 11) is 0. The number of benzene rings is 1. The summed E-state index contributed by atoms with van der Waals surface area (Å²) in [6.45, 7) is 2.30. The second-order valence-corrected chi connectivity index (χ2v) is 3.31. The van der Waals surface area contributed by atoms with E-state index in [0.29, 0.717) is 5.69 Å². The number of diazo groups is 1. The van der Waals surface area contributed by atoms with Crippen molar-refractivity contribution in [1.82, 2.24) is 0 Å². The molecule has 76 valence electrons. The van der Waals surface area contributed by atoms with Crippen LogP contribution < -0.4 is 17.3 Å². The number of hydrogen-bond donors (Lipinski definition) is 0. The Bertz CT molecular complexity index is 328. The van der Waals surface area contributed by atoms with Gasteiger partial charge < -0.3 is 17.3 Å². The van der Waals surface area contributed by atoms with Crippen LogP contribution in [0.15, 0.2) is 24.3 Å². The summed E-state index contributed by atoms with van der Waals surface area (Å²) < 4.78 is 0. The maximum absolute atomic E-state index is 8.51. The molecule has 0 N–H and O–H groups in total. The van der Waals surface area contributed by atoms with Crippen LogP contribution in [0.1, 0.15) is 12.8 Å². The molecular formula is C10H12ClN3Zn. The van der Waals surface area contributed by atoms with Crippen LogP contribution in [0.2, 0.25) is 0 Å². The first-order valence-corrected chi connectivity index (χ1v) is 4.60. The molecule has 0 saturated carbocycles. The molecule has 1 aliphatic heterocycles. The Hall–Kier alpha value is -0.647. The van der Waals surface area contributed by atoms with Gasteiger partial charge in [-0.25, -0.2) is 0 Å². The number of halogens is 1. The predicted molar refractivity (Wildman–Crippen MR) is 52.6 cm³/mol. The van der Waals surface area contributed by atoms with Crippen molar-refractivity contribution in [2.75, 3.05) is 18.0 Å². The molecule has 1 saturated heterocycles. The Morgan fingerprint density at radius 3 is 2.07 bits per heavy atom. The van der Waals surface area contributed by atoms with E-state index in [9.17, 15) is 0 Å². The second-order valence-electron chi connectivity index (χ2n) is 3.31. The summed E-state index contributed by atoms with van der Waals surface area (Å²) in [5.41, 5.74) is 1.84. The molecule has 0 aliphatic carbocycles. The summed E-state index contributed by atoms with van der Waals surface area (Å²) in [5.74, 6) is 0. The Morgan fingerprint density at radius 2 is 1.60 bits per heavy atom. The normalized spacial score (nSPS) is 13.7. The van der Waals surface area contributed by atoms with E-state index in [2.05, 4.69) is 9.88 Å². The zero-order chi connectivity index (χ0) is 9.10. The number of rotatable bonds is 1. The topological polar surface area (TPSA) is 31.4 Å². The predicted octanol–water partition coefficient (Wildman–Crippen LogP) is -0.227. The molecule has 0 atom stereocenters. The van der Waals surface area contributed by atoms with Gasteiger partial charge in [-0.1, -0.05) is 0 Å². The van der Waals surface area contributed by atoms with Gasteiger partial charge in [0.2, 0.25) is 5.39 Å². The summed E-state index contributed by atoms with van der Waals surface area (Å²) in [5, 5.41) is 8.51. The van der Waals surface area contributed by atoms with Crippen LogP contribution in [0.5, 0.6) is 0 Å². The van der Waals surface area contributed by atoms with Crippen LogP contribution in [-0.2, 0) is 19.5 Å². The molecule has 2 rings (SSSR count). The zero-order valence-electron chi connectivity index (χ0n) is 8.56. The van der Waals surface area contributed by atoms with Crippen LogP contribution >= 0.6 is 0 Å². The van der Waals surface area contributed by atoms with Gasteiger partial charge in [-0.2, -0.15) is 0 Å². The molecule has 0 aromatic heterocycles. The molecule has 0 spiro atoms. The van der Waals surface area contributed by atoms with Gasteiger partial charge in [0.15, 0.2) is 4.98 Å². The molecule has 1 heterocycles. The first-order chi connectivity index (χ1) is 6.40. The Morgan fingerprint density at radius 1 is 1.07 bits per heavy atom. The van der Waals surface area contributed by atoms with Crippen molar-refractivity contribution in [3.63, 3.8) is 0 Å². The third kappa shape index (κ3) is 3.44. The molecule has 0 unspecified atom stereocenters. The van der Waals surface area contributed by atoms with Crippen LogP contribution in [0, 0.1) is 5.39 Å². The summed E-state index contributed by atoms with van der Waals surface area (Å²) in [6.07, 6.45) is 2.57. The third-order valence-corrected chi connectivity index (χ3v) is 2.44. The maximum atomic E-state index is 8.51. The van der Waals surface area contributed by atoms with Gasteiger partial charge in [0.25, 0.3) is 0 Å². The average Bonchev–Trinajstić information content (AvgIpc) is 2.71. The summed E-state index contributed by atoms with van der Waals surface area (Å²) in [6, 6.07) is 7.65. The average molecular weight is 275 g/mol. The van der Waals surface area contributed by atoms with E-state index in [-0.39, 0.29) is 31.9 Å². The Labute approximate surface area is 109 Å². The van der Waals surface area contributed by atoms with E-state index in [1.54, 1.807) is 0 Å². The molecule has 0 amide bonds. The smallest absolute Gasteiger partial charge is 0.385 e. The van der Waals surface area contributed by atoms with Crippen molar-refractivity contribution in [2.45, 2.75) is 12.8 Å². The van der Waals surface area contributed by atoms with Crippen LogP contribution in [0.4, 0.5) is 11.4 Å². The molecule has 0 radical (unpaired) electrons. The van der Waals surface area contributed by atoms with Gasteiger partial charge in [0, 0.05) is 50.4 Å². The minimum absolute atomic E-state index is 0. The van der Waals surface area contributed by atoms with E-state index in [0.717, 1.165) is 13.1 Å². The van der Waals surface area contributed by atoms with E-state index in [1.807, 2.05) is 24.3 Å². The Kier molecular flexibility index (Phi) is 6.48. The SMILES string of the molecule is N#[N+]c1ccc(N2CCCC2)cc1.[Cl-].[Zn]. The van der Waals surface area contributed by atoms with E-state index in [1.165, 1.54) is 18.5 Å². The van der Waals surface area contributed by atoms with Crippen molar-refractivity contribution in [3.05, 3.63) is 29.2 Å². The molecule has 5 heteroatoms. The molecule has 1 fully saturated rings. The first-order valence-electron chi connectivity index (χ1n) is 4.60. The van der Waals surface area contributed by atoms with Gasteiger partial charge in [0.1, 0.15) is 0 Å². The maximum Gasteiger partial charge on any atom is 0.385 e. The molecule has 1 aromatic carbocycles. The minimum atomic E-state index is 0. The molecule has 1 aliphatic rings. The standard InChI is InChI=1S/C10H12N3.ClH.Zn/c11-12-9-3-5-10(6-4-9)13-7-1-2-8-13;;/h3-6H,1-2,7-8H2;1H;/q+1;;/p-1. The summed E-state index contributed by atoms with van der Waals surface area (Å²) >= 11 is 0. The van der Waals surface area contributed by atoms with Crippen LogP contribution in [0.3, 0.4) is 0 Å². The van der Waals surface area contributed by atoms with E-state index in [4.69, 9.17) is 5.39 Å². The van der Waals surface area contributed by atoms with Crippen molar-refractivity contribution >= 4 is 11.4 Å². The third-order valence-electron chi connectivity index (χ3n) is 2.44. The van der Waals surface area contributed by atoms with Gasteiger partial charge in [0.05, 0.1) is 0 Å². The molecule has 3 nitrogen and oxygen atoms in total. The largest absolute Gasteiger partial charge is 1.00 e. The fourth-order valence-electron chi connectivity index (χ4n) is 1.71. The summed E-state index contributed by atoms with van der Waals surface area (Å²) in [4.78, 5) is 5.47. The van der Waals surface area contributed by atoms with Crippen molar-refractivity contribution in [2.24, 2.45) is 0 Å². The van der Waals surface area contributed by atoms with Gasteiger partial charge in [-0.15, -0.1) is 0 Å². The quantitative estimate of drug-likeness (QED) is 0.524. The monoisotopic (exact) mass is 273 g/mol. The molecule has 1 aromatic rings. The zero-order valence-corrected chi connectivity index (χ0v) is 12.3. The van der Waals surface area contributed by atoms with Gasteiger partial charge >= 0.3 is 5.69 Å². The van der Waals surface area contributed by atoms with Crippen molar-refractivity contribution in [3.8, 4) is 0 Å². The van der Waals surface area contributed by atoms with Gasteiger partial charge in [-0.3, -0.25) is 0 Å². The van der Waals surface area contributed by atoms with Gasteiger partial charge in [-0.05, 0) is 25.0 Å². The van der Waals surface area contributed by atoms with Crippen molar-refractivity contribution < 1.29 is 31.9 Å². The fraction of sp³-hybridized carbons (Fsp3) is 0.400. The van der Waals surface area contributed by atoms with Crippen LogP contribution in [-0.4, -0.2) is 13.1 Å². The van der Waals surface area contributed by atoms with E-state index >= 15 is 0 Å². The second kappa shape index (κ2) is 6.77. The fourth-order valence-corrected chi connectivity index (χ4v) is 1.71. The van der Waals surface area contributed by atoms with E-state index < -0.39 is 0 Å². The Balaban J connectivity index is 0.000000980. The number of anilines is 1. The minimum Gasteiger partial charge on any atom is -1.00 e. The molecule has 15 heavy (non-hydrogen) atoms.